The Morgan fingerprint density at radius 3 is 2.38 bits per heavy atom. The first-order valence-electron chi connectivity index (χ1n) is 7.92. The van der Waals surface area contributed by atoms with Crippen LogP contribution in [0.25, 0.3) is 0 Å². The van der Waals surface area contributed by atoms with Gasteiger partial charge in [0.15, 0.2) is 6.61 Å². The Hall–Kier alpha value is -2.77. The number of nitrogens with one attached hydrogen (secondary N) is 1. The third-order valence-corrected chi connectivity index (χ3v) is 3.13. The molecule has 140 valence electrons. The van der Waals surface area contributed by atoms with Crippen molar-refractivity contribution in [1.82, 2.24) is 10.3 Å². The topological polar surface area (TPSA) is 60.5 Å². The molecule has 0 fully saturated rings. The number of hydrogen-bond donors (Lipinski definition) is 1. The average molecular weight is 368 g/mol. The van der Waals surface area contributed by atoms with Crippen molar-refractivity contribution in [1.29, 1.82) is 0 Å². The van der Waals surface area contributed by atoms with Gasteiger partial charge in [-0.05, 0) is 37.6 Å². The quantitative estimate of drug-likeness (QED) is 0.809. The molecule has 1 aromatic heterocycles. The summed E-state index contributed by atoms with van der Waals surface area (Å²) >= 11 is 0. The minimum Gasteiger partial charge on any atom is -0.484 e. The second-order valence-corrected chi connectivity index (χ2v) is 5.78. The van der Waals surface area contributed by atoms with Crippen LogP contribution in [0.1, 0.15) is 29.8 Å². The molecule has 0 aliphatic rings. The van der Waals surface area contributed by atoms with Gasteiger partial charge in [0.1, 0.15) is 5.75 Å². The van der Waals surface area contributed by atoms with Crippen LogP contribution < -0.4 is 14.8 Å². The zero-order valence-electron chi connectivity index (χ0n) is 14.3. The molecule has 8 heteroatoms. The molecular weight excluding hydrogens is 349 g/mol. The number of pyridine rings is 1. The van der Waals surface area contributed by atoms with E-state index in [1.807, 2.05) is 13.8 Å². The first-order valence-corrected chi connectivity index (χ1v) is 7.92. The third kappa shape index (κ3) is 6.62. The molecule has 0 radical (unpaired) electrons. The Morgan fingerprint density at radius 1 is 1.15 bits per heavy atom. The van der Waals surface area contributed by atoms with Gasteiger partial charge in [-0.15, -0.1) is 0 Å². The molecule has 1 N–H and O–H groups in total. The SMILES string of the molecule is CC(C)Oc1ccc(C(=O)NCc2ccc(OCC(F)(F)F)cc2)cn1. The number of alkyl halides is 3. The summed E-state index contributed by atoms with van der Waals surface area (Å²) in [6.07, 6.45) is -2.97. The van der Waals surface area contributed by atoms with Crippen molar-refractivity contribution >= 4 is 5.91 Å². The van der Waals surface area contributed by atoms with Crippen LogP contribution in [-0.2, 0) is 6.54 Å². The second-order valence-electron chi connectivity index (χ2n) is 5.78. The standard InChI is InChI=1S/C18H19F3N2O3/c1-12(2)26-16-8-5-14(10-22-16)17(24)23-9-13-3-6-15(7-4-13)25-11-18(19,20)21/h3-8,10,12H,9,11H2,1-2H3,(H,23,24). The zero-order chi connectivity index (χ0) is 19.2. The van der Waals surface area contributed by atoms with Gasteiger partial charge in [-0.25, -0.2) is 4.98 Å². The maximum absolute atomic E-state index is 12.1. The van der Waals surface area contributed by atoms with Crippen LogP contribution in [0.4, 0.5) is 13.2 Å². The van der Waals surface area contributed by atoms with E-state index in [0.29, 0.717) is 11.4 Å². The predicted octanol–water partition coefficient (Wildman–Crippen LogP) is 3.74. The van der Waals surface area contributed by atoms with Crippen molar-refractivity contribution in [3.63, 3.8) is 0 Å². The van der Waals surface area contributed by atoms with Crippen molar-refractivity contribution in [2.75, 3.05) is 6.61 Å². The summed E-state index contributed by atoms with van der Waals surface area (Å²) in [5.74, 6) is 0.235. The van der Waals surface area contributed by atoms with Crippen molar-refractivity contribution in [3.05, 3.63) is 53.7 Å². The number of ether oxygens (including phenoxy) is 2. The number of nitrogens with zero attached hydrogens (tertiary/aromatic N) is 1. The van der Waals surface area contributed by atoms with E-state index >= 15 is 0 Å². The highest BCUT2D eigenvalue weighted by Gasteiger charge is 2.28. The molecule has 0 aliphatic heterocycles. The van der Waals surface area contributed by atoms with Gasteiger partial charge in [0.2, 0.25) is 5.88 Å². The lowest BCUT2D eigenvalue weighted by Crippen LogP contribution is -2.23. The number of benzene rings is 1. The number of carbonyl (C=O) groups excluding carboxylic acids is 1. The summed E-state index contributed by atoms with van der Waals surface area (Å²) < 4.78 is 46.3. The monoisotopic (exact) mass is 368 g/mol. The average Bonchev–Trinajstić information content (AvgIpc) is 2.58. The lowest BCUT2D eigenvalue weighted by molar-refractivity contribution is -0.153. The van der Waals surface area contributed by atoms with Gasteiger partial charge in [0, 0.05) is 18.8 Å². The number of aromatic nitrogens is 1. The summed E-state index contributed by atoms with van der Waals surface area (Å²) in [7, 11) is 0. The number of carbonyl (C=O) groups is 1. The number of hydrogen-bond acceptors (Lipinski definition) is 4. The Morgan fingerprint density at radius 2 is 1.85 bits per heavy atom. The molecule has 0 aliphatic carbocycles. The van der Waals surface area contributed by atoms with E-state index in [4.69, 9.17) is 4.74 Å². The zero-order valence-corrected chi connectivity index (χ0v) is 14.3. The fraction of sp³-hybridized carbons (Fsp3) is 0.333. The van der Waals surface area contributed by atoms with E-state index in [0.717, 1.165) is 5.56 Å². The van der Waals surface area contributed by atoms with Crippen molar-refractivity contribution in [2.45, 2.75) is 32.7 Å². The Bertz CT molecular complexity index is 714. The van der Waals surface area contributed by atoms with E-state index < -0.39 is 12.8 Å². The van der Waals surface area contributed by atoms with Crippen LogP contribution in [0.15, 0.2) is 42.6 Å². The van der Waals surface area contributed by atoms with Crippen LogP contribution in [0, 0.1) is 0 Å². The van der Waals surface area contributed by atoms with Crippen LogP contribution in [0.3, 0.4) is 0 Å². The molecule has 1 aromatic carbocycles. The molecule has 2 rings (SSSR count). The molecule has 2 aromatic rings. The van der Waals surface area contributed by atoms with E-state index in [1.54, 1.807) is 24.3 Å². The maximum atomic E-state index is 12.1. The predicted molar refractivity (Wildman–Crippen MR) is 89.2 cm³/mol. The van der Waals surface area contributed by atoms with Crippen LogP contribution in [0.2, 0.25) is 0 Å². The van der Waals surface area contributed by atoms with E-state index in [9.17, 15) is 18.0 Å². The fourth-order valence-electron chi connectivity index (χ4n) is 1.98. The normalized spacial score (nSPS) is 11.3. The second kappa shape index (κ2) is 8.55. The molecule has 0 unspecified atom stereocenters. The molecule has 0 saturated heterocycles. The minimum absolute atomic E-state index is 0.00902. The molecule has 0 atom stereocenters. The van der Waals surface area contributed by atoms with Crippen LogP contribution in [0.5, 0.6) is 11.6 Å². The van der Waals surface area contributed by atoms with Gasteiger partial charge in [-0.1, -0.05) is 12.1 Å². The summed E-state index contributed by atoms with van der Waals surface area (Å²) in [5.41, 5.74) is 1.11. The molecule has 0 bridgehead atoms. The van der Waals surface area contributed by atoms with E-state index in [2.05, 4.69) is 15.0 Å². The molecule has 1 heterocycles. The summed E-state index contributed by atoms with van der Waals surface area (Å²) in [4.78, 5) is 16.1. The van der Waals surface area contributed by atoms with Gasteiger partial charge in [-0.3, -0.25) is 4.79 Å². The first-order chi connectivity index (χ1) is 12.2. The van der Waals surface area contributed by atoms with Gasteiger partial charge in [-0.2, -0.15) is 13.2 Å². The number of amides is 1. The van der Waals surface area contributed by atoms with Gasteiger partial charge >= 0.3 is 6.18 Å². The van der Waals surface area contributed by atoms with Crippen molar-refractivity contribution in [3.8, 4) is 11.6 Å². The van der Waals surface area contributed by atoms with Gasteiger partial charge in [0.25, 0.3) is 5.91 Å². The Kier molecular flexibility index (Phi) is 6.43. The Labute approximate surface area is 149 Å². The first kappa shape index (κ1) is 19.6. The smallest absolute Gasteiger partial charge is 0.422 e. The van der Waals surface area contributed by atoms with Gasteiger partial charge in [0.05, 0.1) is 11.7 Å². The lowest BCUT2D eigenvalue weighted by Gasteiger charge is -2.10. The molecule has 26 heavy (non-hydrogen) atoms. The summed E-state index contributed by atoms with van der Waals surface area (Å²) in [6.45, 7) is 2.64. The van der Waals surface area contributed by atoms with Crippen LogP contribution >= 0.6 is 0 Å². The highest BCUT2D eigenvalue weighted by Crippen LogP contribution is 2.19. The number of rotatable bonds is 7. The molecule has 1 amide bonds. The van der Waals surface area contributed by atoms with Crippen molar-refractivity contribution < 1.29 is 27.4 Å². The maximum Gasteiger partial charge on any atom is 0.422 e. The van der Waals surface area contributed by atoms with E-state index in [-0.39, 0.29) is 24.3 Å². The van der Waals surface area contributed by atoms with E-state index in [1.165, 1.54) is 18.3 Å². The van der Waals surface area contributed by atoms with Gasteiger partial charge < -0.3 is 14.8 Å². The highest BCUT2D eigenvalue weighted by molar-refractivity contribution is 5.93. The lowest BCUT2D eigenvalue weighted by atomic mass is 10.2. The van der Waals surface area contributed by atoms with Crippen molar-refractivity contribution in [2.24, 2.45) is 0 Å². The Balaban J connectivity index is 1.85. The largest absolute Gasteiger partial charge is 0.484 e. The highest BCUT2D eigenvalue weighted by atomic mass is 19.4. The molecule has 0 saturated carbocycles. The molecule has 5 nitrogen and oxygen atoms in total. The summed E-state index contributed by atoms with van der Waals surface area (Å²) in [6, 6.07) is 9.24. The fourth-order valence-corrected chi connectivity index (χ4v) is 1.98. The third-order valence-electron chi connectivity index (χ3n) is 3.13. The number of halogens is 3. The molecular formula is C18H19F3N2O3. The summed E-state index contributed by atoms with van der Waals surface area (Å²) in [5, 5.41) is 2.71. The van der Waals surface area contributed by atoms with Crippen LogP contribution in [-0.4, -0.2) is 29.8 Å². The minimum atomic E-state index is -4.38. The molecule has 0 spiro atoms.